The van der Waals surface area contributed by atoms with Crippen LogP contribution in [0.4, 0.5) is 8.78 Å². The molecule has 0 saturated heterocycles. The van der Waals surface area contributed by atoms with Crippen molar-refractivity contribution < 1.29 is 8.78 Å². The summed E-state index contributed by atoms with van der Waals surface area (Å²) >= 11 is 0. The molecule has 0 spiro atoms. The van der Waals surface area contributed by atoms with E-state index in [1.54, 1.807) is 6.20 Å². The maximum absolute atomic E-state index is 13.0. The summed E-state index contributed by atoms with van der Waals surface area (Å²) in [5.41, 5.74) is 7.09. The number of rotatable bonds is 3. The molecule has 0 radical (unpaired) electrons. The van der Waals surface area contributed by atoms with E-state index < -0.39 is 5.92 Å². The summed E-state index contributed by atoms with van der Waals surface area (Å²) in [4.78, 5) is 0. The fourth-order valence-corrected chi connectivity index (χ4v) is 2.42. The van der Waals surface area contributed by atoms with Crippen LogP contribution in [0, 0.1) is 5.92 Å². The number of halogens is 2. The Morgan fingerprint density at radius 3 is 2.71 bits per heavy atom. The molecule has 2 N–H and O–H groups in total. The highest BCUT2D eigenvalue weighted by Crippen LogP contribution is 2.40. The Labute approximate surface area is 100.0 Å². The lowest BCUT2D eigenvalue weighted by atomic mass is 9.81. The van der Waals surface area contributed by atoms with Gasteiger partial charge in [-0.2, -0.15) is 5.10 Å². The topological polar surface area (TPSA) is 43.8 Å². The van der Waals surface area contributed by atoms with Crippen molar-refractivity contribution >= 4 is 0 Å². The molecule has 1 unspecified atom stereocenters. The van der Waals surface area contributed by atoms with Crippen LogP contribution in [0.25, 0.3) is 0 Å². The predicted molar refractivity (Wildman–Crippen MR) is 61.7 cm³/mol. The van der Waals surface area contributed by atoms with Gasteiger partial charge in [-0.15, -0.1) is 0 Å². The Morgan fingerprint density at radius 1 is 1.53 bits per heavy atom. The lowest BCUT2D eigenvalue weighted by Crippen LogP contribution is -2.30. The Kier molecular flexibility index (Phi) is 3.47. The van der Waals surface area contributed by atoms with Gasteiger partial charge in [0.15, 0.2) is 0 Å². The van der Waals surface area contributed by atoms with E-state index >= 15 is 0 Å². The molecule has 0 amide bonds. The third kappa shape index (κ3) is 2.83. The first-order valence-corrected chi connectivity index (χ1v) is 6.17. The van der Waals surface area contributed by atoms with E-state index in [1.807, 2.05) is 17.8 Å². The van der Waals surface area contributed by atoms with Gasteiger partial charge in [0, 0.05) is 37.2 Å². The fourth-order valence-electron chi connectivity index (χ4n) is 2.42. The Bertz CT molecular complexity index is 366. The summed E-state index contributed by atoms with van der Waals surface area (Å²) in [6.45, 7) is 2.80. The van der Waals surface area contributed by atoms with Gasteiger partial charge in [0.2, 0.25) is 5.92 Å². The molecule has 1 saturated carbocycles. The first-order chi connectivity index (χ1) is 8.02. The smallest absolute Gasteiger partial charge is 0.248 e. The van der Waals surface area contributed by atoms with Gasteiger partial charge < -0.3 is 5.73 Å². The van der Waals surface area contributed by atoms with Crippen molar-refractivity contribution in [1.82, 2.24) is 9.78 Å². The molecule has 1 heterocycles. The molecule has 3 nitrogen and oxygen atoms in total. The third-order valence-electron chi connectivity index (χ3n) is 3.63. The van der Waals surface area contributed by atoms with E-state index in [-0.39, 0.29) is 24.8 Å². The van der Waals surface area contributed by atoms with E-state index in [4.69, 9.17) is 5.73 Å². The number of nitrogens with two attached hydrogens (primary N) is 1. The van der Waals surface area contributed by atoms with Crippen molar-refractivity contribution in [2.75, 3.05) is 0 Å². The molecule has 5 heteroatoms. The highest BCUT2D eigenvalue weighted by atomic mass is 19.3. The summed E-state index contributed by atoms with van der Waals surface area (Å²) in [5, 5.41) is 4.17. The quantitative estimate of drug-likeness (QED) is 0.887. The molecule has 0 aromatic carbocycles. The van der Waals surface area contributed by atoms with Crippen molar-refractivity contribution in [3.05, 3.63) is 18.0 Å². The molecular weight excluding hydrogens is 224 g/mol. The average Bonchev–Trinajstić information content (AvgIpc) is 2.76. The SMILES string of the molecule is CCn1cc(C(N)C2CCC(F)(F)CC2)cn1. The Hall–Kier alpha value is -0.970. The van der Waals surface area contributed by atoms with Crippen molar-refractivity contribution in [3.8, 4) is 0 Å². The molecule has 1 aromatic heterocycles. The van der Waals surface area contributed by atoms with Gasteiger partial charge in [0.1, 0.15) is 0 Å². The second kappa shape index (κ2) is 4.72. The monoisotopic (exact) mass is 243 g/mol. The first kappa shape index (κ1) is 12.5. The van der Waals surface area contributed by atoms with Gasteiger partial charge in [-0.25, -0.2) is 8.78 Å². The predicted octanol–water partition coefficient (Wildman–Crippen LogP) is 2.73. The largest absolute Gasteiger partial charge is 0.324 e. The molecule has 0 bridgehead atoms. The number of hydrogen-bond donors (Lipinski definition) is 1. The molecule has 1 aliphatic carbocycles. The Morgan fingerprint density at radius 2 is 2.18 bits per heavy atom. The molecule has 96 valence electrons. The van der Waals surface area contributed by atoms with Crippen LogP contribution < -0.4 is 5.73 Å². The van der Waals surface area contributed by atoms with Gasteiger partial charge in [-0.1, -0.05) is 0 Å². The summed E-state index contributed by atoms with van der Waals surface area (Å²) in [6, 6.07) is -0.161. The second-order valence-electron chi connectivity index (χ2n) is 4.85. The molecular formula is C12H19F2N3. The van der Waals surface area contributed by atoms with Crippen molar-refractivity contribution in [1.29, 1.82) is 0 Å². The van der Waals surface area contributed by atoms with Crippen LogP contribution >= 0.6 is 0 Å². The minimum absolute atomic E-state index is 0.0344. The van der Waals surface area contributed by atoms with Gasteiger partial charge in [0.05, 0.1) is 6.20 Å². The Balaban J connectivity index is 1.98. The lowest BCUT2D eigenvalue weighted by molar-refractivity contribution is -0.0483. The van der Waals surface area contributed by atoms with Crippen LogP contribution in [0.2, 0.25) is 0 Å². The molecule has 1 aromatic rings. The molecule has 1 atom stereocenters. The zero-order valence-electron chi connectivity index (χ0n) is 10.1. The standard InChI is InChI=1S/C12H19F2N3/c1-2-17-8-10(7-16-17)11(15)9-3-5-12(13,14)6-4-9/h7-9,11H,2-6,15H2,1H3. The van der Waals surface area contributed by atoms with Crippen LogP contribution in [0.3, 0.4) is 0 Å². The van der Waals surface area contributed by atoms with Crippen molar-refractivity contribution in [3.63, 3.8) is 0 Å². The van der Waals surface area contributed by atoms with Crippen LogP contribution in [0.15, 0.2) is 12.4 Å². The van der Waals surface area contributed by atoms with E-state index in [2.05, 4.69) is 5.10 Å². The van der Waals surface area contributed by atoms with Gasteiger partial charge in [0.25, 0.3) is 0 Å². The molecule has 1 aliphatic rings. The minimum Gasteiger partial charge on any atom is -0.324 e. The fraction of sp³-hybridized carbons (Fsp3) is 0.750. The summed E-state index contributed by atoms with van der Waals surface area (Å²) in [6.07, 6.45) is 4.61. The maximum atomic E-state index is 13.0. The third-order valence-corrected chi connectivity index (χ3v) is 3.63. The lowest BCUT2D eigenvalue weighted by Gasteiger charge is -2.31. The van der Waals surface area contributed by atoms with Crippen LogP contribution in [-0.2, 0) is 6.54 Å². The van der Waals surface area contributed by atoms with Crippen LogP contribution in [-0.4, -0.2) is 15.7 Å². The molecule has 17 heavy (non-hydrogen) atoms. The van der Waals surface area contributed by atoms with E-state index in [9.17, 15) is 8.78 Å². The number of aryl methyl sites for hydroxylation is 1. The average molecular weight is 243 g/mol. The zero-order valence-corrected chi connectivity index (χ0v) is 10.1. The first-order valence-electron chi connectivity index (χ1n) is 6.17. The summed E-state index contributed by atoms with van der Waals surface area (Å²) < 4.78 is 27.9. The molecule has 0 aliphatic heterocycles. The number of aromatic nitrogens is 2. The van der Waals surface area contributed by atoms with Gasteiger partial charge in [-0.05, 0) is 25.7 Å². The summed E-state index contributed by atoms with van der Waals surface area (Å²) in [5.74, 6) is -2.33. The van der Waals surface area contributed by atoms with E-state index in [1.165, 1.54) is 0 Å². The van der Waals surface area contributed by atoms with Crippen molar-refractivity contribution in [2.24, 2.45) is 11.7 Å². The van der Waals surface area contributed by atoms with E-state index in [0.717, 1.165) is 12.1 Å². The molecule has 2 rings (SSSR count). The molecule has 1 fully saturated rings. The number of hydrogen-bond acceptors (Lipinski definition) is 2. The maximum Gasteiger partial charge on any atom is 0.248 e. The van der Waals surface area contributed by atoms with Crippen molar-refractivity contribution in [2.45, 2.75) is 51.1 Å². The van der Waals surface area contributed by atoms with Gasteiger partial charge >= 0.3 is 0 Å². The number of alkyl halides is 2. The number of nitrogens with zero attached hydrogens (tertiary/aromatic N) is 2. The van der Waals surface area contributed by atoms with Gasteiger partial charge in [-0.3, -0.25) is 4.68 Å². The van der Waals surface area contributed by atoms with Crippen LogP contribution in [0.5, 0.6) is 0 Å². The summed E-state index contributed by atoms with van der Waals surface area (Å²) in [7, 11) is 0. The highest BCUT2D eigenvalue weighted by Gasteiger charge is 2.37. The van der Waals surface area contributed by atoms with E-state index in [0.29, 0.717) is 12.8 Å². The van der Waals surface area contributed by atoms with Crippen LogP contribution in [0.1, 0.15) is 44.2 Å². The second-order valence-corrected chi connectivity index (χ2v) is 4.85. The normalized spacial score (nSPS) is 22.6. The minimum atomic E-state index is -2.48. The zero-order chi connectivity index (χ0) is 12.5. The highest BCUT2D eigenvalue weighted by molar-refractivity contribution is 5.11.